The Morgan fingerprint density at radius 3 is 2.30 bits per heavy atom. The molecule has 1 atom stereocenters. The second-order valence-corrected chi connectivity index (χ2v) is 6.79. The summed E-state index contributed by atoms with van der Waals surface area (Å²) in [6.45, 7) is 7.54. The fourth-order valence-corrected chi connectivity index (χ4v) is 2.75. The largest absolute Gasteiger partial charge is 0.503 e. The van der Waals surface area contributed by atoms with Gasteiger partial charge >= 0.3 is 0 Å². The summed E-state index contributed by atoms with van der Waals surface area (Å²) in [7, 11) is 0. The summed E-state index contributed by atoms with van der Waals surface area (Å²) >= 11 is 0. The summed E-state index contributed by atoms with van der Waals surface area (Å²) in [5.74, 6) is -1.71. The molecule has 0 spiro atoms. The first-order chi connectivity index (χ1) is 10.7. The third-order valence-corrected chi connectivity index (χ3v) is 3.88. The Hall–Kier alpha value is -2.17. The molecular weight excluding hydrogens is 297 g/mol. The van der Waals surface area contributed by atoms with Crippen molar-refractivity contribution in [2.75, 3.05) is 6.54 Å². The molecule has 4 nitrogen and oxygen atoms in total. The zero-order valence-electron chi connectivity index (χ0n) is 13.9. The number of carbonyl (C=O) groups is 2. The van der Waals surface area contributed by atoms with Crippen LogP contribution in [0.4, 0.5) is 4.39 Å². The molecule has 0 radical (unpaired) electrons. The minimum Gasteiger partial charge on any atom is -0.503 e. The van der Waals surface area contributed by atoms with Gasteiger partial charge in [0.1, 0.15) is 5.82 Å². The number of ketones is 1. The monoisotopic (exact) mass is 319 g/mol. The Balaban J connectivity index is 2.57. The quantitative estimate of drug-likeness (QED) is 0.923. The Kier molecular flexibility index (Phi) is 4.59. The molecule has 0 saturated carbocycles. The Morgan fingerprint density at radius 2 is 1.83 bits per heavy atom. The molecular formula is C18H22FNO3. The maximum Gasteiger partial charge on any atom is 0.290 e. The van der Waals surface area contributed by atoms with Crippen molar-refractivity contribution in [3.05, 3.63) is 47.0 Å². The normalized spacial score (nSPS) is 18.7. The highest BCUT2D eigenvalue weighted by Crippen LogP contribution is 2.40. The smallest absolute Gasteiger partial charge is 0.290 e. The number of halogens is 1. The fourth-order valence-electron chi connectivity index (χ4n) is 2.75. The molecule has 0 bridgehead atoms. The van der Waals surface area contributed by atoms with E-state index in [9.17, 15) is 19.1 Å². The first kappa shape index (κ1) is 17.2. The predicted molar refractivity (Wildman–Crippen MR) is 85.3 cm³/mol. The molecule has 2 rings (SSSR count). The average molecular weight is 319 g/mol. The summed E-state index contributed by atoms with van der Waals surface area (Å²) in [5.41, 5.74) is -0.0169. The maximum absolute atomic E-state index is 13.2. The van der Waals surface area contributed by atoms with Crippen LogP contribution >= 0.6 is 0 Å². The molecule has 0 fully saturated rings. The first-order valence-corrected chi connectivity index (χ1v) is 7.72. The van der Waals surface area contributed by atoms with Gasteiger partial charge < -0.3 is 10.0 Å². The summed E-state index contributed by atoms with van der Waals surface area (Å²) in [6, 6.07) is 5.00. The van der Waals surface area contributed by atoms with Gasteiger partial charge in [0.25, 0.3) is 5.91 Å². The second-order valence-electron chi connectivity index (χ2n) is 6.79. The number of amides is 1. The zero-order chi connectivity index (χ0) is 17.4. The molecule has 1 aromatic rings. The SMILES string of the molecule is CCCN1C(=O)C(O)=C(C(=O)C(C)(C)C)C1c1ccc(F)cc1. The summed E-state index contributed by atoms with van der Waals surface area (Å²) in [4.78, 5) is 26.6. The third kappa shape index (κ3) is 3.14. The lowest BCUT2D eigenvalue weighted by Gasteiger charge is -2.28. The molecule has 23 heavy (non-hydrogen) atoms. The number of benzene rings is 1. The van der Waals surface area contributed by atoms with Crippen molar-refractivity contribution in [2.24, 2.45) is 5.41 Å². The number of carbonyl (C=O) groups excluding carboxylic acids is 2. The van der Waals surface area contributed by atoms with Crippen LogP contribution in [0.15, 0.2) is 35.6 Å². The summed E-state index contributed by atoms with van der Waals surface area (Å²) in [6.07, 6.45) is 0.688. The van der Waals surface area contributed by atoms with E-state index in [1.165, 1.54) is 17.0 Å². The Morgan fingerprint density at radius 1 is 1.26 bits per heavy atom. The summed E-state index contributed by atoms with van der Waals surface area (Å²) in [5, 5.41) is 10.3. The van der Waals surface area contributed by atoms with Gasteiger partial charge in [-0.15, -0.1) is 0 Å². The van der Waals surface area contributed by atoms with Crippen LogP contribution in [0.3, 0.4) is 0 Å². The molecule has 1 aromatic carbocycles. The zero-order valence-corrected chi connectivity index (χ0v) is 13.9. The molecule has 0 aliphatic carbocycles. The van der Waals surface area contributed by atoms with Crippen LogP contribution < -0.4 is 0 Å². The van der Waals surface area contributed by atoms with Gasteiger partial charge in [-0.1, -0.05) is 39.8 Å². The lowest BCUT2D eigenvalue weighted by molar-refractivity contribution is -0.129. The van der Waals surface area contributed by atoms with Crippen LogP contribution in [-0.2, 0) is 9.59 Å². The molecule has 1 amide bonds. The van der Waals surface area contributed by atoms with Gasteiger partial charge in [-0.3, -0.25) is 9.59 Å². The van der Waals surface area contributed by atoms with Crippen molar-refractivity contribution in [3.63, 3.8) is 0 Å². The summed E-state index contributed by atoms with van der Waals surface area (Å²) < 4.78 is 13.2. The van der Waals surface area contributed by atoms with Crippen molar-refractivity contribution >= 4 is 11.7 Å². The lowest BCUT2D eigenvalue weighted by Crippen LogP contribution is -2.33. The number of hydrogen-bond donors (Lipinski definition) is 1. The molecule has 1 heterocycles. The van der Waals surface area contributed by atoms with E-state index in [-0.39, 0.29) is 11.4 Å². The van der Waals surface area contributed by atoms with Crippen molar-refractivity contribution in [2.45, 2.75) is 40.2 Å². The van der Waals surface area contributed by atoms with Crippen LogP contribution in [0.2, 0.25) is 0 Å². The van der Waals surface area contributed by atoms with Gasteiger partial charge in [0.2, 0.25) is 0 Å². The number of hydrogen-bond acceptors (Lipinski definition) is 3. The number of aliphatic hydroxyl groups excluding tert-OH is 1. The predicted octanol–water partition coefficient (Wildman–Crippen LogP) is 3.55. The lowest BCUT2D eigenvalue weighted by atomic mass is 9.82. The standard InChI is InChI=1S/C18H22FNO3/c1-5-10-20-14(11-6-8-12(19)9-7-11)13(15(21)17(20)23)16(22)18(2,3)4/h6-9,14,21H,5,10H2,1-4H3. The van der Waals surface area contributed by atoms with Crippen molar-refractivity contribution in [1.29, 1.82) is 0 Å². The number of rotatable bonds is 4. The molecule has 0 saturated heterocycles. The molecule has 5 heteroatoms. The van der Waals surface area contributed by atoms with E-state index in [1.807, 2.05) is 6.92 Å². The van der Waals surface area contributed by atoms with Crippen molar-refractivity contribution < 1.29 is 19.1 Å². The molecule has 1 aliphatic heterocycles. The molecule has 1 aliphatic rings. The van der Waals surface area contributed by atoms with Gasteiger partial charge in [0, 0.05) is 12.0 Å². The Bertz CT molecular complexity index is 656. The fraction of sp³-hybridized carbons (Fsp3) is 0.444. The van der Waals surface area contributed by atoms with Crippen LogP contribution in [0.5, 0.6) is 0 Å². The van der Waals surface area contributed by atoms with Crippen LogP contribution in [0.25, 0.3) is 0 Å². The van der Waals surface area contributed by atoms with Gasteiger partial charge in [0.15, 0.2) is 11.5 Å². The van der Waals surface area contributed by atoms with Crippen molar-refractivity contribution in [3.8, 4) is 0 Å². The average Bonchev–Trinajstić information content (AvgIpc) is 2.72. The number of nitrogens with zero attached hydrogens (tertiary/aromatic N) is 1. The van der Waals surface area contributed by atoms with E-state index in [0.717, 1.165) is 0 Å². The first-order valence-electron chi connectivity index (χ1n) is 7.72. The highest BCUT2D eigenvalue weighted by atomic mass is 19.1. The Labute approximate surface area is 135 Å². The van der Waals surface area contributed by atoms with Gasteiger partial charge in [-0.25, -0.2) is 4.39 Å². The second kappa shape index (κ2) is 6.14. The van der Waals surface area contributed by atoms with E-state index in [1.54, 1.807) is 32.9 Å². The van der Waals surface area contributed by atoms with Gasteiger partial charge in [-0.2, -0.15) is 0 Å². The number of aliphatic hydroxyl groups is 1. The molecule has 1 unspecified atom stereocenters. The number of Topliss-reactive ketones (excluding diaryl/α,β-unsaturated/α-hetero) is 1. The van der Waals surface area contributed by atoms with E-state index >= 15 is 0 Å². The van der Waals surface area contributed by atoms with Gasteiger partial charge in [0.05, 0.1) is 11.6 Å². The molecule has 124 valence electrons. The highest BCUT2D eigenvalue weighted by molar-refractivity contribution is 6.10. The van der Waals surface area contributed by atoms with Crippen molar-refractivity contribution in [1.82, 2.24) is 4.90 Å². The third-order valence-electron chi connectivity index (χ3n) is 3.88. The van der Waals surface area contributed by atoms with Crippen LogP contribution in [0, 0.1) is 11.2 Å². The topological polar surface area (TPSA) is 57.6 Å². The minimum absolute atomic E-state index is 0.0996. The maximum atomic E-state index is 13.2. The van der Waals surface area contributed by atoms with E-state index in [4.69, 9.17) is 0 Å². The van der Waals surface area contributed by atoms with E-state index in [2.05, 4.69) is 0 Å². The van der Waals surface area contributed by atoms with Crippen LogP contribution in [-0.4, -0.2) is 28.2 Å². The van der Waals surface area contributed by atoms with Crippen LogP contribution in [0.1, 0.15) is 45.7 Å². The molecule has 0 aromatic heterocycles. The van der Waals surface area contributed by atoms with E-state index in [0.29, 0.717) is 18.5 Å². The minimum atomic E-state index is -0.732. The highest BCUT2D eigenvalue weighted by Gasteiger charge is 2.45. The molecule has 1 N–H and O–H groups in total. The van der Waals surface area contributed by atoms with E-state index < -0.39 is 28.9 Å². The van der Waals surface area contributed by atoms with Gasteiger partial charge in [-0.05, 0) is 24.1 Å².